The van der Waals surface area contributed by atoms with Gasteiger partial charge in [0.15, 0.2) is 11.5 Å². The molecule has 0 unspecified atom stereocenters. The van der Waals surface area contributed by atoms with E-state index in [1.165, 1.54) is 18.2 Å². The van der Waals surface area contributed by atoms with Crippen molar-refractivity contribution in [3.63, 3.8) is 0 Å². The lowest BCUT2D eigenvalue weighted by atomic mass is 10.1. The molecule has 0 atom stereocenters. The molecule has 25 heavy (non-hydrogen) atoms. The van der Waals surface area contributed by atoms with Gasteiger partial charge in [0, 0.05) is 11.9 Å². The molecule has 4 rings (SSSR count). The van der Waals surface area contributed by atoms with E-state index in [1.807, 2.05) is 41.0 Å². The van der Waals surface area contributed by atoms with E-state index in [0.29, 0.717) is 17.0 Å². The van der Waals surface area contributed by atoms with Crippen molar-refractivity contribution in [3.05, 3.63) is 60.8 Å². The maximum atomic E-state index is 10.3. The first-order valence-electron chi connectivity index (χ1n) is 7.67. The third-order valence-corrected chi connectivity index (χ3v) is 3.98. The summed E-state index contributed by atoms with van der Waals surface area (Å²) in [5.74, 6) is 1.32. The fourth-order valence-electron chi connectivity index (χ4n) is 2.79. The van der Waals surface area contributed by atoms with Crippen LogP contribution < -0.4 is 4.74 Å². The Morgan fingerprint density at radius 2 is 1.80 bits per heavy atom. The lowest BCUT2D eigenvalue weighted by Crippen LogP contribution is -1.98. The predicted octanol–water partition coefficient (Wildman–Crippen LogP) is 3.51. The summed E-state index contributed by atoms with van der Waals surface area (Å²) in [4.78, 5) is 8.85. The molecule has 6 heteroatoms. The molecular formula is C19H15N3O3. The number of phenols is 2. The molecule has 0 spiro atoms. The van der Waals surface area contributed by atoms with Crippen LogP contribution in [0.2, 0.25) is 0 Å². The summed E-state index contributed by atoms with van der Waals surface area (Å²) in [5.41, 5.74) is 2.62. The van der Waals surface area contributed by atoms with Gasteiger partial charge in [-0.1, -0.05) is 0 Å². The van der Waals surface area contributed by atoms with Gasteiger partial charge in [-0.25, -0.2) is 9.97 Å². The smallest absolute Gasteiger partial charge is 0.178 e. The molecule has 2 aromatic heterocycles. The largest absolute Gasteiger partial charge is 0.508 e. The van der Waals surface area contributed by atoms with E-state index in [9.17, 15) is 10.2 Å². The number of phenolic OH excluding ortho intramolecular Hbond substituents is 2. The Kier molecular flexibility index (Phi) is 3.50. The van der Waals surface area contributed by atoms with E-state index in [0.717, 1.165) is 17.0 Å². The number of hydrogen-bond acceptors (Lipinski definition) is 5. The van der Waals surface area contributed by atoms with Crippen LogP contribution in [0.25, 0.3) is 28.2 Å². The minimum atomic E-state index is 0.0304. The number of fused-ring (bicyclic) bond motifs is 1. The third-order valence-electron chi connectivity index (χ3n) is 3.98. The van der Waals surface area contributed by atoms with Crippen LogP contribution >= 0.6 is 0 Å². The first-order chi connectivity index (χ1) is 12.2. The highest BCUT2D eigenvalue weighted by Crippen LogP contribution is 2.35. The zero-order chi connectivity index (χ0) is 17.4. The quantitative estimate of drug-likeness (QED) is 0.561. The first kappa shape index (κ1) is 15.0. The molecule has 0 fully saturated rings. The van der Waals surface area contributed by atoms with Crippen molar-refractivity contribution >= 4 is 11.2 Å². The number of ether oxygens (including phenoxy) is 1. The van der Waals surface area contributed by atoms with Crippen molar-refractivity contribution in [2.24, 2.45) is 0 Å². The van der Waals surface area contributed by atoms with Gasteiger partial charge in [-0.2, -0.15) is 0 Å². The number of benzene rings is 2. The Bertz CT molecular complexity index is 1060. The van der Waals surface area contributed by atoms with E-state index < -0.39 is 0 Å². The van der Waals surface area contributed by atoms with Gasteiger partial charge < -0.3 is 14.9 Å². The van der Waals surface area contributed by atoms with Crippen LogP contribution in [0.5, 0.6) is 17.2 Å². The molecular weight excluding hydrogens is 318 g/mol. The summed E-state index contributed by atoms with van der Waals surface area (Å²) in [6.07, 6.45) is 1.67. The van der Waals surface area contributed by atoms with E-state index >= 15 is 0 Å². The summed E-state index contributed by atoms with van der Waals surface area (Å²) < 4.78 is 7.10. The topological polar surface area (TPSA) is 80.4 Å². The van der Waals surface area contributed by atoms with Crippen LogP contribution in [0.3, 0.4) is 0 Å². The molecule has 2 heterocycles. The third kappa shape index (κ3) is 2.53. The molecule has 2 aromatic carbocycles. The average Bonchev–Trinajstić information content (AvgIpc) is 3.03. The minimum Gasteiger partial charge on any atom is -0.508 e. The second-order valence-electron chi connectivity index (χ2n) is 5.52. The zero-order valence-electron chi connectivity index (χ0n) is 13.4. The second-order valence-corrected chi connectivity index (χ2v) is 5.52. The van der Waals surface area contributed by atoms with Crippen molar-refractivity contribution < 1.29 is 14.9 Å². The van der Waals surface area contributed by atoms with Crippen LogP contribution in [-0.4, -0.2) is 31.9 Å². The fraction of sp³-hybridized carbons (Fsp3) is 0.0526. The number of aromatic nitrogens is 3. The number of hydrogen-bond donors (Lipinski definition) is 2. The Balaban J connectivity index is 2.02. The maximum absolute atomic E-state index is 10.3. The average molecular weight is 333 g/mol. The SMILES string of the molecule is COc1ccc(-n2c(-c3cc(O)ccc3O)nc3ncccc32)cc1. The summed E-state index contributed by atoms with van der Waals surface area (Å²) in [5, 5.41) is 20.1. The normalized spacial score (nSPS) is 10.9. The molecule has 0 aliphatic heterocycles. The lowest BCUT2D eigenvalue weighted by Gasteiger charge is -2.11. The summed E-state index contributed by atoms with van der Waals surface area (Å²) in [6, 6.07) is 15.6. The lowest BCUT2D eigenvalue weighted by molar-refractivity contribution is 0.415. The highest BCUT2D eigenvalue weighted by atomic mass is 16.5. The molecule has 0 saturated carbocycles. The number of pyridine rings is 1. The van der Waals surface area contributed by atoms with Gasteiger partial charge >= 0.3 is 0 Å². The standard InChI is InChI=1S/C19H15N3O3/c1-25-14-7-4-12(5-8-14)22-16-3-2-10-20-18(16)21-19(22)15-11-13(23)6-9-17(15)24/h2-11,23-24H,1H3. The van der Waals surface area contributed by atoms with E-state index in [-0.39, 0.29) is 11.5 Å². The molecule has 124 valence electrons. The van der Waals surface area contributed by atoms with Crippen molar-refractivity contribution in [1.82, 2.24) is 14.5 Å². The predicted molar refractivity (Wildman–Crippen MR) is 94.2 cm³/mol. The summed E-state index contributed by atoms with van der Waals surface area (Å²) in [7, 11) is 1.61. The number of aromatic hydroxyl groups is 2. The van der Waals surface area contributed by atoms with Gasteiger partial charge in [0.2, 0.25) is 0 Å². The highest BCUT2D eigenvalue weighted by molar-refractivity contribution is 5.82. The molecule has 6 nitrogen and oxygen atoms in total. The minimum absolute atomic E-state index is 0.0304. The van der Waals surface area contributed by atoms with Crippen molar-refractivity contribution in [1.29, 1.82) is 0 Å². The molecule has 2 N–H and O–H groups in total. The molecule has 0 amide bonds. The zero-order valence-corrected chi connectivity index (χ0v) is 13.4. The van der Waals surface area contributed by atoms with Crippen LogP contribution in [0.1, 0.15) is 0 Å². The molecule has 0 aliphatic carbocycles. The molecule has 0 bridgehead atoms. The summed E-state index contributed by atoms with van der Waals surface area (Å²) >= 11 is 0. The van der Waals surface area contributed by atoms with Crippen LogP contribution in [-0.2, 0) is 0 Å². The number of rotatable bonds is 3. The Labute approximate surface area is 143 Å². The highest BCUT2D eigenvalue weighted by Gasteiger charge is 2.18. The molecule has 4 aromatic rings. The molecule has 0 aliphatic rings. The monoisotopic (exact) mass is 333 g/mol. The maximum Gasteiger partial charge on any atom is 0.178 e. The van der Waals surface area contributed by atoms with Crippen molar-refractivity contribution in [3.8, 4) is 34.3 Å². The molecule has 0 saturated heterocycles. The van der Waals surface area contributed by atoms with E-state index in [2.05, 4.69) is 9.97 Å². The number of nitrogens with zero attached hydrogens (tertiary/aromatic N) is 3. The Hall–Kier alpha value is -3.54. The Morgan fingerprint density at radius 1 is 1.00 bits per heavy atom. The van der Waals surface area contributed by atoms with Crippen LogP contribution in [0.15, 0.2) is 60.8 Å². The summed E-state index contributed by atoms with van der Waals surface area (Å²) in [6.45, 7) is 0. The molecule has 0 radical (unpaired) electrons. The van der Waals surface area contributed by atoms with Crippen LogP contribution in [0, 0.1) is 0 Å². The van der Waals surface area contributed by atoms with Crippen molar-refractivity contribution in [2.45, 2.75) is 0 Å². The van der Waals surface area contributed by atoms with Crippen LogP contribution in [0.4, 0.5) is 0 Å². The van der Waals surface area contributed by atoms with E-state index in [4.69, 9.17) is 4.74 Å². The van der Waals surface area contributed by atoms with Gasteiger partial charge in [-0.15, -0.1) is 0 Å². The van der Waals surface area contributed by atoms with Gasteiger partial charge in [0.1, 0.15) is 17.2 Å². The van der Waals surface area contributed by atoms with E-state index in [1.54, 1.807) is 13.3 Å². The van der Waals surface area contributed by atoms with Gasteiger partial charge in [-0.05, 0) is 54.6 Å². The first-order valence-corrected chi connectivity index (χ1v) is 7.67. The van der Waals surface area contributed by atoms with Gasteiger partial charge in [0.05, 0.1) is 18.2 Å². The second kappa shape index (κ2) is 5.83. The fourth-order valence-corrected chi connectivity index (χ4v) is 2.79. The number of methoxy groups -OCH3 is 1. The van der Waals surface area contributed by atoms with Gasteiger partial charge in [-0.3, -0.25) is 4.57 Å². The number of imidazole rings is 1. The Morgan fingerprint density at radius 3 is 2.56 bits per heavy atom. The van der Waals surface area contributed by atoms with Crippen molar-refractivity contribution in [2.75, 3.05) is 7.11 Å². The van der Waals surface area contributed by atoms with Gasteiger partial charge in [0.25, 0.3) is 0 Å².